The molecule has 0 atom stereocenters. The number of ether oxygens (including phenoxy) is 1. The van der Waals surface area contributed by atoms with Gasteiger partial charge < -0.3 is 10.1 Å². The number of nitrogens with zero attached hydrogens (tertiary/aromatic N) is 1. The largest absolute Gasteiger partial charge is 0.480 e. The van der Waals surface area contributed by atoms with Crippen molar-refractivity contribution >= 4 is 39.6 Å². The second kappa shape index (κ2) is 9.39. The van der Waals surface area contributed by atoms with E-state index in [2.05, 4.69) is 37.7 Å². The van der Waals surface area contributed by atoms with E-state index in [9.17, 15) is 9.59 Å². The predicted molar refractivity (Wildman–Crippen MR) is 104 cm³/mol. The zero-order chi connectivity index (χ0) is 18.9. The highest BCUT2D eigenvalue weighted by molar-refractivity contribution is 9.10. The Morgan fingerprint density at radius 2 is 2.04 bits per heavy atom. The first-order valence-corrected chi connectivity index (χ1v) is 8.36. The van der Waals surface area contributed by atoms with Gasteiger partial charge in [-0.05, 0) is 36.8 Å². The SMILES string of the molecule is C#CCOc1ccc(Br)cc1/C=N\NC(=O)C(=O)Nc1ccccc1C. The van der Waals surface area contributed by atoms with Crippen LogP contribution in [0.4, 0.5) is 5.69 Å². The summed E-state index contributed by atoms with van der Waals surface area (Å²) in [5.74, 6) is 1.19. The van der Waals surface area contributed by atoms with Crippen molar-refractivity contribution in [3.05, 3.63) is 58.1 Å². The molecule has 0 spiro atoms. The molecule has 0 radical (unpaired) electrons. The summed E-state index contributed by atoms with van der Waals surface area (Å²) in [5.41, 5.74) is 4.18. The number of nitrogens with one attached hydrogen (secondary N) is 2. The van der Waals surface area contributed by atoms with Crippen LogP contribution in [0.25, 0.3) is 0 Å². The third kappa shape index (κ3) is 5.46. The molecule has 26 heavy (non-hydrogen) atoms. The van der Waals surface area contributed by atoms with Gasteiger partial charge in [0.15, 0.2) is 0 Å². The second-order valence-electron chi connectivity index (χ2n) is 5.14. The van der Waals surface area contributed by atoms with Crippen LogP contribution in [-0.4, -0.2) is 24.6 Å². The number of carbonyl (C=O) groups is 2. The molecule has 2 amide bonds. The Bertz CT molecular complexity index is 888. The Morgan fingerprint density at radius 3 is 2.77 bits per heavy atom. The number of hydrogen-bond acceptors (Lipinski definition) is 4. The fourth-order valence-electron chi connectivity index (χ4n) is 1.97. The van der Waals surface area contributed by atoms with Crippen molar-refractivity contribution in [1.29, 1.82) is 0 Å². The molecule has 0 aliphatic rings. The Hall–Kier alpha value is -3.11. The zero-order valence-electron chi connectivity index (χ0n) is 14.0. The summed E-state index contributed by atoms with van der Waals surface area (Å²) in [4.78, 5) is 23.8. The lowest BCUT2D eigenvalue weighted by atomic mass is 10.2. The number of terminal acetylenes is 1. The summed E-state index contributed by atoms with van der Waals surface area (Å²) >= 11 is 3.34. The first-order chi connectivity index (χ1) is 12.5. The van der Waals surface area contributed by atoms with E-state index in [4.69, 9.17) is 11.2 Å². The molecule has 0 saturated heterocycles. The zero-order valence-corrected chi connectivity index (χ0v) is 15.5. The third-order valence-corrected chi connectivity index (χ3v) is 3.75. The highest BCUT2D eigenvalue weighted by Gasteiger charge is 2.13. The number of benzene rings is 2. The van der Waals surface area contributed by atoms with Crippen molar-refractivity contribution in [3.8, 4) is 18.1 Å². The molecule has 2 aromatic carbocycles. The summed E-state index contributed by atoms with van der Waals surface area (Å²) in [6.45, 7) is 1.93. The fraction of sp³-hybridized carbons (Fsp3) is 0.105. The van der Waals surface area contributed by atoms with Gasteiger partial charge in [0.2, 0.25) is 0 Å². The molecule has 2 aromatic rings. The normalized spacial score (nSPS) is 10.2. The Balaban J connectivity index is 2.00. The van der Waals surface area contributed by atoms with Gasteiger partial charge >= 0.3 is 11.8 Å². The van der Waals surface area contributed by atoms with E-state index in [1.807, 2.05) is 19.1 Å². The molecular weight excluding hydrogens is 398 g/mol. The minimum atomic E-state index is -0.884. The monoisotopic (exact) mass is 413 g/mol. The van der Waals surface area contributed by atoms with Crippen molar-refractivity contribution in [1.82, 2.24) is 5.43 Å². The molecule has 2 rings (SSSR count). The van der Waals surface area contributed by atoms with Crippen LogP contribution < -0.4 is 15.5 Å². The van der Waals surface area contributed by atoms with Gasteiger partial charge in [0.25, 0.3) is 0 Å². The Kier molecular flexibility index (Phi) is 6.94. The summed E-state index contributed by atoms with van der Waals surface area (Å²) in [5, 5.41) is 6.33. The van der Waals surface area contributed by atoms with Gasteiger partial charge in [0.1, 0.15) is 12.4 Å². The first-order valence-electron chi connectivity index (χ1n) is 7.57. The summed E-state index contributed by atoms with van der Waals surface area (Å²) in [6, 6.07) is 12.4. The van der Waals surface area contributed by atoms with Gasteiger partial charge in [-0.2, -0.15) is 5.10 Å². The summed E-state index contributed by atoms with van der Waals surface area (Å²) in [7, 11) is 0. The Labute approximate surface area is 159 Å². The molecular formula is C19H16BrN3O3. The maximum atomic E-state index is 11.9. The second-order valence-corrected chi connectivity index (χ2v) is 6.06. The van der Waals surface area contributed by atoms with E-state index in [1.54, 1.807) is 30.3 Å². The van der Waals surface area contributed by atoms with Crippen molar-refractivity contribution in [2.75, 3.05) is 11.9 Å². The number of halogens is 1. The van der Waals surface area contributed by atoms with Gasteiger partial charge in [0, 0.05) is 15.7 Å². The third-order valence-electron chi connectivity index (χ3n) is 3.25. The van der Waals surface area contributed by atoms with Gasteiger partial charge in [-0.1, -0.05) is 40.0 Å². The van der Waals surface area contributed by atoms with E-state index in [0.29, 0.717) is 17.0 Å². The van der Waals surface area contributed by atoms with Crippen molar-refractivity contribution in [3.63, 3.8) is 0 Å². The van der Waals surface area contributed by atoms with E-state index >= 15 is 0 Å². The molecule has 0 fully saturated rings. The first kappa shape index (κ1) is 19.2. The summed E-state index contributed by atoms with van der Waals surface area (Å²) < 4.78 is 6.20. The molecule has 0 saturated carbocycles. The van der Waals surface area contributed by atoms with Crippen LogP contribution in [0.3, 0.4) is 0 Å². The molecule has 7 heteroatoms. The number of rotatable bonds is 5. The van der Waals surface area contributed by atoms with E-state index < -0.39 is 11.8 Å². The molecule has 132 valence electrons. The van der Waals surface area contributed by atoms with Crippen LogP contribution in [0.2, 0.25) is 0 Å². The van der Waals surface area contributed by atoms with E-state index in [1.165, 1.54) is 6.21 Å². The number of aryl methyl sites for hydroxylation is 1. The van der Waals surface area contributed by atoms with E-state index in [0.717, 1.165) is 10.0 Å². The number of hydrazone groups is 1. The number of para-hydroxylation sites is 1. The standard InChI is InChI=1S/C19H16BrN3O3/c1-3-10-26-17-9-8-15(20)11-14(17)12-21-23-19(25)18(24)22-16-7-5-4-6-13(16)2/h1,4-9,11-12H,10H2,2H3,(H,22,24)(H,23,25)/b21-12-. The summed E-state index contributed by atoms with van der Waals surface area (Å²) in [6.07, 6.45) is 6.55. The van der Waals surface area contributed by atoms with Crippen molar-refractivity contribution < 1.29 is 14.3 Å². The van der Waals surface area contributed by atoms with Crippen LogP contribution in [-0.2, 0) is 9.59 Å². The van der Waals surface area contributed by atoms with Crippen LogP contribution in [0.5, 0.6) is 5.75 Å². The van der Waals surface area contributed by atoms with Gasteiger partial charge in [0.05, 0.1) is 6.21 Å². The number of amides is 2. The average Bonchev–Trinajstić information content (AvgIpc) is 2.62. The van der Waals surface area contributed by atoms with Gasteiger partial charge in [-0.25, -0.2) is 5.43 Å². The molecule has 0 bridgehead atoms. The molecule has 6 nitrogen and oxygen atoms in total. The maximum Gasteiger partial charge on any atom is 0.329 e. The highest BCUT2D eigenvalue weighted by Crippen LogP contribution is 2.21. The van der Waals surface area contributed by atoms with Gasteiger partial charge in [-0.15, -0.1) is 6.42 Å². The van der Waals surface area contributed by atoms with Crippen LogP contribution >= 0.6 is 15.9 Å². The maximum absolute atomic E-state index is 11.9. The quantitative estimate of drug-likeness (QED) is 0.342. The average molecular weight is 414 g/mol. The lowest BCUT2D eigenvalue weighted by Gasteiger charge is -2.07. The molecule has 0 aliphatic heterocycles. The minimum absolute atomic E-state index is 0.105. The van der Waals surface area contributed by atoms with Crippen LogP contribution in [0.15, 0.2) is 52.0 Å². The molecule has 0 aromatic heterocycles. The number of hydrogen-bond donors (Lipinski definition) is 2. The number of carbonyl (C=O) groups excluding carboxylic acids is 2. The molecule has 0 aliphatic carbocycles. The minimum Gasteiger partial charge on any atom is -0.480 e. The number of anilines is 1. The van der Waals surface area contributed by atoms with Crippen molar-refractivity contribution in [2.45, 2.75) is 6.92 Å². The van der Waals surface area contributed by atoms with E-state index in [-0.39, 0.29) is 6.61 Å². The van der Waals surface area contributed by atoms with Crippen molar-refractivity contribution in [2.24, 2.45) is 5.10 Å². The molecule has 2 N–H and O–H groups in total. The predicted octanol–water partition coefficient (Wildman–Crippen LogP) is 2.86. The smallest absolute Gasteiger partial charge is 0.329 e. The molecule has 0 unspecified atom stereocenters. The highest BCUT2D eigenvalue weighted by atomic mass is 79.9. The topological polar surface area (TPSA) is 79.8 Å². The lowest BCUT2D eigenvalue weighted by Crippen LogP contribution is -2.32. The van der Waals surface area contributed by atoms with Crippen LogP contribution in [0, 0.1) is 19.3 Å². The molecule has 0 heterocycles. The lowest BCUT2D eigenvalue weighted by molar-refractivity contribution is -0.136. The van der Waals surface area contributed by atoms with Gasteiger partial charge in [-0.3, -0.25) is 9.59 Å². The fourth-order valence-corrected chi connectivity index (χ4v) is 2.35. The van der Waals surface area contributed by atoms with Crippen LogP contribution in [0.1, 0.15) is 11.1 Å². The Morgan fingerprint density at radius 1 is 1.27 bits per heavy atom.